The van der Waals surface area contributed by atoms with Crippen LogP contribution in [0.4, 0.5) is 10.1 Å². The lowest BCUT2D eigenvalue weighted by Gasteiger charge is -2.37. The molecule has 0 saturated carbocycles. The third-order valence-corrected chi connectivity index (χ3v) is 5.27. The third kappa shape index (κ3) is 4.63. The lowest BCUT2D eigenvalue weighted by Crippen LogP contribution is -2.52. The van der Waals surface area contributed by atoms with Crippen molar-refractivity contribution in [2.45, 2.75) is 6.54 Å². The molecular weight excluding hydrogens is 482 g/mol. The number of nitrogens with zero attached hydrogens (tertiary/aromatic N) is 5. The van der Waals surface area contributed by atoms with Crippen LogP contribution in [0, 0.1) is 5.82 Å². The summed E-state index contributed by atoms with van der Waals surface area (Å²) in [4.78, 5) is 13.7. The summed E-state index contributed by atoms with van der Waals surface area (Å²) >= 11 is 0. The average Bonchev–Trinajstić information content (AvgIpc) is 3.05. The van der Waals surface area contributed by atoms with Gasteiger partial charge in [0.1, 0.15) is 11.6 Å². The lowest BCUT2D eigenvalue weighted by molar-refractivity contribution is 0.372. The maximum Gasteiger partial charge on any atom is 0.194 e. The number of anilines is 1. The van der Waals surface area contributed by atoms with Crippen LogP contribution in [-0.4, -0.2) is 53.6 Å². The van der Waals surface area contributed by atoms with E-state index >= 15 is 0 Å². The Hall–Kier alpha value is -2.36. The molecule has 2 heterocycles. The number of hydrogen-bond acceptors (Lipinski definition) is 3. The number of fused-ring (bicyclic) bond motifs is 1. The van der Waals surface area contributed by atoms with Crippen LogP contribution in [0.25, 0.3) is 11.0 Å². The Morgan fingerprint density at radius 3 is 2.41 bits per heavy atom. The zero-order valence-electron chi connectivity index (χ0n) is 16.7. The molecular formula is C21H26FIN6. The van der Waals surface area contributed by atoms with Crippen LogP contribution in [0.1, 0.15) is 5.82 Å². The standard InChI is InChI=1S/C21H25FN6.HI/c1-23-21(24-15-20-25-18-5-3-4-6-19(18)26(20)2)28-13-11-27(12-14-28)17-9-7-16(22)8-10-17;/h3-10H,11-15H2,1-2H3,(H,23,24);1H. The fourth-order valence-corrected chi connectivity index (χ4v) is 3.67. The fraction of sp³-hybridized carbons (Fsp3) is 0.333. The molecule has 0 aliphatic carbocycles. The van der Waals surface area contributed by atoms with Gasteiger partial charge in [0.2, 0.25) is 0 Å². The van der Waals surface area contributed by atoms with E-state index in [1.165, 1.54) is 12.1 Å². The Morgan fingerprint density at radius 2 is 1.76 bits per heavy atom. The topological polar surface area (TPSA) is 48.7 Å². The predicted octanol–water partition coefficient (Wildman–Crippen LogP) is 3.23. The van der Waals surface area contributed by atoms with Crippen molar-refractivity contribution in [1.29, 1.82) is 0 Å². The van der Waals surface area contributed by atoms with Gasteiger partial charge in [-0.05, 0) is 36.4 Å². The van der Waals surface area contributed by atoms with Gasteiger partial charge in [0.25, 0.3) is 0 Å². The first kappa shape index (κ1) is 21.4. The van der Waals surface area contributed by atoms with Crippen molar-refractivity contribution in [1.82, 2.24) is 19.8 Å². The number of halogens is 2. The Balaban J connectivity index is 0.00000240. The van der Waals surface area contributed by atoms with E-state index in [0.717, 1.165) is 54.7 Å². The van der Waals surface area contributed by atoms with Crippen LogP contribution in [0.2, 0.25) is 0 Å². The average molecular weight is 508 g/mol. The molecule has 29 heavy (non-hydrogen) atoms. The number of nitrogens with one attached hydrogen (secondary N) is 1. The van der Waals surface area contributed by atoms with Gasteiger partial charge < -0.3 is 19.7 Å². The summed E-state index contributed by atoms with van der Waals surface area (Å²) in [5.74, 6) is 1.66. The molecule has 1 aromatic heterocycles. The summed E-state index contributed by atoms with van der Waals surface area (Å²) in [6.45, 7) is 4.09. The Kier molecular flexibility index (Phi) is 6.94. The summed E-state index contributed by atoms with van der Waals surface area (Å²) < 4.78 is 15.2. The molecule has 1 aliphatic heterocycles. The van der Waals surface area contributed by atoms with Crippen LogP contribution in [0.15, 0.2) is 53.5 Å². The molecule has 4 rings (SSSR count). The SMILES string of the molecule is CN=C(NCc1nc2ccccc2n1C)N1CCN(c2ccc(F)cc2)CC1.I. The molecule has 0 atom stereocenters. The Morgan fingerprint density at radius 1 is 1.07 bits per heavy atom. The molecule has 154 valence electrons. The summed E-state index contributed by atoms with van der Waals surface area (Å²) in [5, 5.41) is 3.44. The molecule has 0 bridgehead atoms. The van der Waals surface area contributed by atoms with E-state index in [4.69, 9.17) is 4.98 Å². The number of guanidine groups is 1. The highest BCUT2D eigenvalue weighted by atomic mass is 127. The van der Waals surface area contributed by atoms with Gasteiger partial charge in [-0.25, -0.2) is 9.37 Å². The maximum atomic E-state index is 13.1. The molecule has 8 heteroatoms. The summed E-state index contributed by atoms with van der Waals surface area (Å²) in [7, 11) is 3.85. The van der Waals surface area contributed by atoms with Gasteiger partial charge in [-0.3, -0.25) is 4.99 Å². The smallest absolute Gasteiger partial charge is 0.194 e. The molecule has 3 aromatic rings. The van der Waals surface area contributed by atoms with E-state index in [9.17, 15) is 4.39 Å². The van der Waals surface area contributed by atoms with Gasteiger partial charge in [0, 0.05) is 46.0 Å². The maximum absolute atomic E-state index is 13.1. The van der Waals surface area contributed by atoms with Crippen molar-refractivity contribution in [3.8, 4) is 0 Å². The number of aryl methyl sites for hydroxylation is 1. The molecule has 6 nitrogen and oxygen atoms in total. The summed E-state index contributed by atoms with van der Waals surface area (Å²) in [6, 6.07) is 14.8. The Labute approximate surface area is 187 Å². The normalized spacial score (nSPS) is 14.8. The molecule has 1 fully saturated rings. The largest absolute Gasteiger partial charge is 0.368 e. The van der Waals surface area contributed by atoms with Gasteiger partial charge in [0.05, 0.1) is 17.6 Å². The van der Waals surface area contributed by atoms with E-state index in [2.05, 4.69) is 30.7 Å². The van der Waals surface area contributed by atoms with Gasteiger partial charge in [-0.1, -0.05) is 12.1 Å². The van der Waals surface area contributed by atoms with E-state index in [1.54, 1.807) is 0 Å². The number of rotatable bonds is 3. The highest BCUT2D eigenvalue weighted by Gasteiger charge is 2.20. The molecule has 0 spiro atoms. The molecule has 0 unspecified atom stereocenters. The summed E-state index contributed by atoms with van der Waals surface area (Å²) in [6.07, 6.45) is 0. The highest BCUT2D eigenvalue weighted by Crippen LogP contribution is 2.17. The minimum absolute atomic E-state index is 0. The number of imidazole rings is 1. The lowest BCUT2D eigenvalue weighted by atomic mass is 10.2. The molecule has 2 aromatic carbocycles. The van der Waals surface area contributed by atoms with Gasteiger partial charge in [0.15, 0.2) is 5.96 Å². The van der Waals surface area contributed by atoms with E-state index < -0.39 is 0 Å². The van der Waals surface area contributed by atoms with E-state index in [1.807, 2.05) is 44.4 Å². The second kappa shape index (κ2) is 9.43. The number of para-hydroxylation sites is 2. The monoisotopic (exact) mass is 508 g/mol. The molecule has 0 radical (unpaired) electrons. The molecule has 1 saturated heterocycles. The van der Waals surface area contributed by atoms with Crippen molar-refractivity contribution in [3.63, 3.8) is 0 Å². The second-order valence-corrected chi connectivity index (χ2v) is 6.93. The van der Waals surface area contributed by atoms with Crippen molar-refractivity contribution < 1.29 is 4.39 Å². The molecule has 0 amide bonds. The third-order valence-electron chi connectivity index (χ3n) is 5.27. The van der Waals surface area contributed by atoms with E-state index in [-0.39, 0.29) is 29.8 Å². The van der Waals surface area contributed by atoms with Crippen LogP contribution in [-0.2, 0) is 13.6 Å². The van der Waals surface area contributed by atoms with Gasteiger partial charge >= 0.3 is 0 Å². The number of aromatic nitrogens is 2. The van der Waals surface area contributed by atoms with Crippen LogP contribution < -0.4 is 10.2 Å². The first-order valence-corrected chi connectivity index (χ1v) is 9.52. The second-order valence-electron chi connectivity index (χ2n) is 6.93. The zero-order valence-corrected chi connectivity index (χ0v) is 19.0. The Bertz CT molecular complexity index is 977. The summed E-state index contributed by atoms with van der Waals surface area (Å²) in [5.41, 5.74) is 3.19. The van der Waals surface area contributed by atoms with Gasteiger partial charge in [-0.2, -0.15) is 0 Å². The van der Waals surface area contributed by atoms with Gasteiger partial charge in [-0.15, -0.1) is 24.0 Å². The number of hydrogen-bond donors (Lipinski definition) is 1. The molecule has 1 aliphatic rings. The van der Waals surface area contributed by atoms with Crippen molar-refractivity contribution in [2.24, 2.45) is 12.0 Å². The van der Waals surface area contributed by atoms with Crippen molar-refractivity contribution in [2.75, 3.05) is 38.1 Å². The van der Waals surface area contributed by atoms with E-state index in [0.29, 0.717) is 6.54 Å². The fourth-order valence-electron chi connectivity index (χ4n) is 3.67. The predicted molar refractivity (Wildman–Crippen MR) is 127 cm³/mol. The van der Waals surface area contributed by atoms with Crippen LogP contribution >= 0.6 is 24.0 Å². The number of piperazine rings is 1. The molecule has 1 N–H and O–H groups in total. The number of aliphatic imine (C=N–C) groups is 1. The first-order chi connectivity index (χ1) is 13.7. The zero-order chi connectivity index (χ0) is 19.5. The quantitative estimate of drug-likeness (QED) is 0.336. The highest BCUT2D eigenvalue weighted by molar-refractivity contribution is 14.0. The minimum Gasteiger partial charge on any atom is -0.368 e. The number of benzene rings is 2. The van der Waals surface area contributed by atoms with Crippen LogP contribution in [0.3, 0.4) is 0 Å². The van der Waals surface area contributed by atoms with Crippen molar-refractivity contribution >= 4 is 46.7 Å². The van der Waals surface area contributed by atoms with Crippen LogP contribution in [0.5, 0.6) is 0 Å². The minimum atomic E-state index is -0.200. The van der Waals surface area contributed by atoms with Crippen molar-refractivity contribution in [3.05, 3.63) is 60.2 Å². The first-order valence-electron chi connectivity index (χ1n) is 9.52.